The van der Waals surface area contributed by atoms with Gasteiger partial charge < -0.3 is 15.6 Å². The van der Waals surface area contributed by atoms with Crippen molar-refractivity contribution in [2.24, 2.45) is 10.7 Å². The molecule has 0 bridgehead atoms. The molecule has 1 aromatic carbocycles. The van der Waals surface area contributed by atoms with E-state index in [-0.39, 0.29) is 0 Å². The highest BCUT2D eigenvalue weighted by Gasteiger charge is 2.01. The third kappa shape index (κ3) is 3.80. The summed E-state index contributed by atoms with van der Waals surface area (Å²) in [6, 6.07) is 8.04. The highest BCUT2D eigenvalue weighted by atomic mass is 16.5. The number of nitrogens with one attached hydrogen (secondary N) is 1. The van der Waals surface area contributed by atoms with Gasteiger partial charge in [0, 0.05) is 12.6 Å². The molecule has 100 valence electrons. The Morgan fingerprint density at radius 3 is 3.00 bits per heavy atom. The molecule has 0 saturated carbocycles. The van der Waals surface area contributed by atoms with Gasteiger partial charge in [0.15, 0.2) is 11.8 Å². The molecule has 0 amide bonds. The molecule has 1 heterocycles. The van der Waals surface area contributed by atoms with Gasteiger partial charge in [0.05, 0.1) is 0 Å². The Labute approximate surface area is 111 Å². The van der Waals surface area contributed by atoms with Gasteiger partial charge in [0.1, 0.15) is 6.54 Å². The minimum atomic E-state index is 0.295. The zero-order valence-electron chi connectivity index (χ0n) is 11.1. The van der Waals surface area contributed by atoms with Gasteiger partial charge in [-0.3, -0.25) is 0 Å². The molecule has 0 spiro atoms. The molecule has 19 heavy (non-hydrogen) atoms. The van der Waals surface area contributed by atoms with Crippen LogP contribution in [0.1, 0.15) is 24.2 Å². The van der Waals surface area contributed by atoms with Gasteiger partial charge in [0.2, 0.25) is 5.89 Å². The third-order valence-corrected chi connectivity index (χ3v) is 2.57. The smallest absolute Gasteiger partial charge is 0.223 e. The lowest BCUT2D eigenvalue weighted by Crippen LogP contribution is -2.22. The van der Waals surface area contributed by atoms with Crippen LogP contribution in [0.15, 0.2) is 33.8 Å². The molecule has 1 aromatic heterocycles. The molecule has 0 saturated heterocycles. The first-order valence-corrected chi connectivity index (χ1v) is 6.12. The van der Waals surface area contributed by atoms with E-state index in [1.165, 1.54) is 5.56 Å². The van der Waals surface area contributed by atoms with Crippen LogP contribution in [0, 0.1) is 6.92 Å². The van der Waals surface area contributed by atoms with E-state index in [2.05, 4.69) is 33.4 Å². The molecule has 0 aliphatic carbocycles. The molecule has 2 aromatic rings. The summed E-state index contributed by atoms with van der Waals surface area (Å²) < 4.78 is 4.85. The standard InChI is InChI=1S/C13H17N5O/c1-3-10-5-4-6-11(7-10)17-13(14)15-8-12-16-9(2)19-18-12/h4-7H,3,8H2,1-2H3,(H3,14,15,17). The van der Waals surface area contributed by atoms with Crippen LogP contribution in [0.5, 0.6) is 0 Å². The van der Waals surface area contributed by atoms with Crippen LogP contribution < -0.4 is 11.1 Å². The van der Waals surface area contributed by atoms with Gasteiger partial charge >= 0.3 is 0 Å². The van der Waals surface area contributed by atoms with E-state index in [0.717, 1.165) is 12.1 Å². The fourth-order valence-corrected chi connectivity index (χ4v) is 1.62. The number of benzene rings is 1. The van der Waals surface area contributed by atoms with E-state index in [0.29, 0.717) is 24.2 Å². The fraction of sp³-hybridized carbons (Fsp3) is 0.308. The topological polar surface area (TPSA) is 89.3 Å². The Bertz CT molecular complexity index is 576. The van der Waals surface area contributed by atoms with E-state index < -0.39 is 0 Å². The van der Waals surface area contributed by atoms with Crippen molar-refractivity contribution in [2.75, 3.05) is 5.32 Å². The number of guanidine groups is 1. The predicted octanol–water partition coefficient (Wildman–Crippen LogP) is 1.87. The second kappa shape index (κ2) is 5.99. The number of rotatable bonds is 4. The van der Waals surface area contributed by atoms with Crippen molar-refractivity contribution in [3.8, 4) is 0 Å². The maximum atomic E-state index is 5.80. The molecule has 0 fully saturated rings. The average molecular weight is 259 g/mol. The largest absolute Gasteiger partial charge is 0.370 e. The Kier molecular flexibility index (Phi) is 4.12. The molecule has 0 radical (unpaired) electrons. The quantitative estimate of drug-likeness (QED) is 0.646. The van der Waals surface area contributed by atoms with Crippen LogP contribution in [-0.4, -0.2) is 16.1 Å². The molecule has 0 aliphatic heterocycles. The summed E-state index contributed by atoms with van der Waals surface area (Å²) in [5.41, 5.74) is 7.97. The first-order chi connectivity index (χ1) is 9.17. The summed E-state index contributed by atoms with van der Waals surface area (Å²) in [6.45, 7) is 4.14. The summed E-state index contributed by atoms with van der Waals surface area (Å²) >= 11 is 0. The van der Waals surface area contributed by atoms with Crippen molar-refractivity contribution in [1.29, 1.82) is 0 Å². The van der Waals surface area contributed by atoms with Gasteiger partial charge in [0.25, 0.3) is 0 Å². The predicted molar refractivity (Wildman–Crippen MR) is 73.8 cm³/mol. The maximum Gasteiger partial charge on any atom is 0.223 e. The lowest BCUT2D eigenvalue weighted by Gasteiger charge is -2.06. The van der Waals surface area contributed by atoms with Crippen molar-refractivity contribution < 1.29 is 4.52 Å². The van der Waals surface area contributed by atoms with Crippen molar-refractivity contribution in [2.45, 2.75) is 26.8 Å². The summed E-state index contributed by atoms with van der Waals surface area (Å²) in [7, 11) is 0. The summed E-state index contributed by atoms with van der Waals surface area (Å²) in [5.74, 6) is 1.37. The first-order valence-electron chi connectivity index (χ1n) is 6.12. The summed E-state index contributed by atoms with van der Waals surface area (Å²) in [4.78, 5) is 8.21. The van der Waals surface area contributed by atoms with Gasteiger partial charge in [-0.05, 0) is 24.1 Å². The summed E-state index contributed by atoms with van der Waals surface area (Å²) in [5, 5.41) is 6.78. The van der Waals surface area contributed by atoms with Crippen LogP contribution in [-0.2, 0) is 13.0 Å². The summed E-state index contributed by atoms with van der Waals surface area (Å²) in [6.07, 6.45) is 0.981. The molecular formula is C13H17N5O. The molecule has 2 rings (SSSR count). The van der Waals surface area contributed by atoms with E-state index >= 15 is 0 Å². The van der Waals surface area contributed by atoms with E-state index in [4.69, 9.17) is 10.3 Å². The Hall–Kier alpha value is -2.37. The fourth-order valence-electron chi connectivity index (χ4n) is 1.62. The van der Waals surface area contributed by atoms with Crippen molar-refractivity contribution >= 4 is 11.6 Å². The Morgan fingerprint density at radius 1 is 1.47 bits per heavy atom. The van der Waals surface area contributed by atoms with Gasteiger partial charge in [-0.2, -0.15) is 4.98 Å². The van der Waals surface area contributed by atoms with Crippen LogP contribution in [0.4, 0.5) is 5.69 Å². The third-order valence-electron chi connectivity index (χ3n) is 2.57. The number of nitrogens with two attached hydrogens (primary N) is 1. The number of aliphatic imine (C=N–C) groups is 1. The molecule has 0 atom stereocenters. The molecule has 6 nitrogen and oxygen atoms in total. The normalized spacial score (nSPS) is 11.6. The zero-order chi connectivity index (χ0) is 13.7. The minimum Gasteiger partial charge on any atom is -0.370 e. The zero-order valence-corrected chi connectivity index (χ0v) is 11.1. The molecule has 3 N–H and O–H groups in total. The van der Waals surface area contributed by atoms with Crippen LogP contribution >= 0.6 is 0 Å². The van der Waals surface area contributed by atoms with Crippen LogP contribution in [0.25, 0.3) is 0 Å². The van der Waals surface area contributed by atoms with Crippen molar-refractivity contribution in [3.63, 3.8) is 0 Å². The second-order valence-corrected chi connectivity index (χ2v) is 4.11. The SMILES string of the molecule is CCc1cccc(NC(N)=NCc2noc(C)n2)c1. The van der Waals surface area contributed by atoms with E-state index in [1.807, 2.05) is 18.2 Å². The van der Waals surface area contributed by atoms with E-state index in [9.17, 15) is 0 Å². The van der Waals surface area contributed by atoms with Gasteiger partial charge in [-0.1, -0.05) is 24.2 Å². The molecule has 0 unspecified atom stereocenters. The highest BCUT2D eigenvalue weighted by Crippen LogP contribution is 2.10. The average Bonchev–Trinajstić information content (AvgIpc) is 2.82. The molecule has 0 aliphatic rings. The Balaban J connectivity index is 1.97. The van der Waals surface area contributed by atoms with Crippen LogP contribution in [0.3, 0.4) is 0 Å². The molecular weight excluding hydrogens is 242 g/mol. The number of anilines is 1. The second-order valence-electron chi connectivity index (χ2n) is 4.11. The van der Waals surface area contributed by atoms with Crippen molar-refractivity contribution in [1.82, 2.24) is 10.1 Å². The number of nitrogens with zero attached hydrogens (tertiary/aromatic N) is 3. The first kappa shape index (κ1) is 13.1. The minimum absolute atomic E-state index is 0.295. The van der Waals surface area contributed by atoms with E-state index in [1.54, 1.807) is 6.92 Å². The van der Waals surface area contributed by atoms with Crippen LogP contribution in [0.2, 0.25) is 0 Å². The number of hydrogen-bond donors (Lipinski definition) is 2. The van der Waals surface area contributed by atoms with Gasteiger partial charge in [-0.15, -0.1) is 0 Å². The highest BCUT2D eigenvalue weighted by molar-refractivity contribution is 5.92. The number of aromatic nitrogens is 2. The number of hydrogen-bond acceptors (Lipinski definition) is 4. The van der Waals surface area contributed by atoms with Gasteiger partial charge in [-0.25, -0.2) is 4.99 Å². The monoisotopic (exact) mass is 259 g/mol. The Morgan fingerprint density at radius 2 is 2.32 bits per heavy atom. The lowest BCUT2D eigenvalue weighted by atomic mass is 10.1. The number of aryl methyl sites for hydroxylation is 2. The van der Waals surface area contributed by atoms with Crippen molar-refractivity contribution in [3.05, 3.63) is 41.5 Å². The molecule has 6 heteroatoms. The maximum absolute atomic E-state index is 5.80. The lowest BCUT2D eigenvalue weighted by molar-refractivity contribution is 0.387.